The molecule has 3 aromatic rings. The Kier molecular flexibility index (Phi) is 7.28. The van der Waals surface area contributed by atoms with Crippen molar-refractivity contribution in [2.45, 2.75) is 25.3 Å². The minimum absolute atomic E-state index is 0.182. The summed E-state index contributed by atoms with van der Waals surface area (Å²) in [7, 11) is 0.897. The molecule has 0 bridgehead atoms. The summed E-state index contributed by atoms with van der Waals surface area (Å²) in [6.07, 6.45) is 0. The smallest absolute Gasteiger partial charge is 0.262 e. The van der Waals surface area contributed by atoms with Gasteiger partial charge in [-0.15, -0.1) is 0 Å². The molecule has 174 valence electrons. The van der Waals surface area contributed by atoms with Crippen LogP contribution >= 0.6 is 0 Å². The molecule has 0 atom stereocenters. The third kappa shape index (κ3) is 5.46. The number of rotatable bonds is 8. The monoisotopic (exact) mass is 468 g/mol. The topological polar surface area (TPSA) is 84.9 Å². The summed E-state index contributed by atoms with van der Waals surface area (Å²) in [5.41, 5.74) is 2.72. The standard InChI is InChI=1S/C25H28N2O5S/c1-17-10-11-18(2)24(14-17)33(29,30)26-22-9-7-6-8-21(22)25(28)27(3)16-19-12-13-20(31-4)15-23(19)32-5/h6-15,26H,16H2,1-5H3. The van der Waals surface area contributed by atoms with Crippen molar-refractivity contribution in [2.24, 2.45) is 0 Å². The summed E-state index contributed by atoms with van der Waals surface area (Å²) >= 11 is 0. The van der Waals surface area contributed by atoms with E-state index in [2.05, 4.69) is 4.72 Å². The number of anilines is 1. The number of ether oxygens (including phenoxy) is 2. The lowest BCUT2D eigenvalue weighted by Gasteiger charge is -2.21. The number of hydrogen-bond donors (Lipinski definition) is 1. The fourth-order valence-corrected chi connectivity index (χ4v) is 4.88. The van der Waals surface area contributed by atoms with Crippen LogP contribution in [-0.2, 0) is 16.6 Å². The van der Waals surface area contributed by atoms with E-state index in [0.29, 0.717) is 17.1 Å². The van der Waals surface area contributed by atoms with Gasteiger partial charge < -0.3 is 14.4 Å². The zero-order valence-electron chi connectivity index (χ0n) is 19.4. The van der Waals surface area contributed by atoms with Gasteiger partial charge in [-0.1, -0.05) is 24.3 Å². The first-order chi connectivity index (χ1) is 15.7. The number of sulfonamides is 1. The lowest BCUT2D eigenvalue weighted by molar-refractivity contribution is 0.0785. The average Bonchev–Trinajstić information content (AvgIpc) is 2.80. The van der Waals surface area contributed by atoms with Crippen molar-refractivity contribution in [3.8, 4) is 11.5 Å². The molecule has 7 nitrogen and oxygen atoms in total. The van der Waals surface area contributed by atoms with Gasteiger partial charge in [0.15, 0.2) is 0 Å². The van der Waals surface area contributed by atoms with Gasteiger partial charge in [0.1, 0.15) is 11.5 Å². The van der Waals surface area contributed by atoms with Crippen molar-refractivity contribution >= 4 is 21.6 Å². The normalized spacial score (nSPS) is 11.1. The Hall–Kier alpha value is -3.52. The number of nitrogens with zero attached hydrogens (tertiary/aromatic N) is 1. The van der Waals surface area contributed by atoms with E-state index in [1.807, 2.05) is 19.1 Å². The molecule has 0 aliphatic heterocycles. The molecule has 0 heterocycles. The highest BCUT2D eigenvalue weighted by Crippen LogP contribution is 2.27. The second kappa shape index (κ2) is 9.95. The molecule has 0 unspecified atom stereocenters. The van der Waals surface area contributed by atoms with E-state index in [0.717, 1.165) is 11.1 Å². The van der Waals surface area contributed by atoms with E-state index in [4.69, 9.17) is 9.47 Å². The largest absolute Gasteiger partial charge is 0.497 e. The van der Waals surface area contributed by atoms with Crippen molar-refractivity contribution in [1.29, 1.82) is 0 Å². The highest BCUT2D eigenvalue weighted by atomic mass is 32.2. The van der Waals surface area contributed by atoms with E-state index in [9.17, 15) is 13.2 Å². The molecule has 0 aliphatic carbocycles. The Balaban J connectivity index is 1.88. The maximum absolute atomic E-state index is 13.3. The maximum Gasteiger partial charge on any atom is 0.262 e. The minimum Gasteiger partial charge on any atom is -0.497 e. The lowest BCUT2D eigenvalue weighted by atomic mass is 10.1. The summed E-state index contributed by atoms with van der Waals surface area (Å²) in [6.45, 7) is 3.84. The Morgan fingerprint density at radius 2 is 1.70 bits per heavy atom. The summed E-state index contributed by atoms with van der Waals surface area (Å²) in [6, 6.07) is 17.2. The van der Waals surface area contributed by atoms with Crippen LogP contribution in [0, 0.1) is 13.8 Å². The zero-order chi connectivity index (χ0) is 24.2. The van der Waals surface area contributed by atoms with Crippen LogP contribution in [0.1, 0.15) is 27.0 Å². The molecule has 0 aromatic heterocycles. The van der Waals surface area contributed by atoms with E-state index >= 15 is 0 Å². The van der Waals surface area contributed by atoms with Gasteiger partial charge in [-0.25, -0.2) is 8.42 Å². The quantitative estimate of drug-likeness (QED) is 0.530. The molecule has 0 spiro atoms. The van der Waals surface area contributed by atoms with Crippen LogP contribution in [0.3, 0.4) is 0 Å². The first-order valence-electron chi connectivity index (χ1n) is 10.3. The molecular formula is C25H28N2O5S. The molecule has 0 radical (unpaired) electrons. The molecule has 3 rings (SSSR count). The van der Waals surface area contributed by atoms with Crippen molar-refractivity contribution in [1.82, 2.24) is 4.90 Å². The highest BCUT2D eigenvalue weighted by molar-refractivity contribution is 7.92. The van der Waals surface area contributed by atoms with Gasteiger partial charge in [-0.2, -0.15) is 0 Å². The fourth-order valence-electron chi connectivity index (χ4n) is 3.47. The number of methoxy groups -OCH3 is 2. The van der Waals surface area contributed by atoms with Crippen LogP contribution in [0.4, 0.5) is 5.69 Å². The number of hydrogen-bond acceptors (Lipinski definition) is 5. The van der Waals surface area contributed by atoms with E-state index in [-0.39, 0.29) is 28.6 Å². The number of benzene rings is 3. The Bertz CT molecular complexity index is 1270. The summed E-state index contributed by atoms with van der Waals surface area (Å²) in [5, 5.41) is 0. The molecule has 0 fully saturated rings. The first-order valence-corrected chi connectivity index (χ1v) is 11.8. The van der Waals surface area contributed by atoms with E-state index in [1.165, 1.54) is 4.90 Å². The summed E-state index contributed by atoms with van der Waals surface area (Å²) in [4.78, 5) is 15.0. The van der Waals surface area contributed by atoms with Gasteiger partial charge in [0.05, 0.1) is 30.4 Å². The van der Waals surface area contributed by atoms with E-state index in [1.54, 1.807) is 76.7 Å². The first kappa shape index (κ1) is 24.1. The molecule has 0 saturated heterocycles. The molecule has 3 aromatic carbocycles. The molecule has 1 N–H and O–H groups in total. The predicted molar refractivity (Wildman–Crippen MR) is 129 cm³/mol. The third-order valence-electron chi connectivity index (χ3n) is 5.28. The van der Waals surface area contributed by atoms with Crippen molar-refractivity contribution in [3.63, 3.8) is 0 Å². The number of nitrogens with one attached hydrogen (secondary N) is 1. The van der Waals surface area contributed by atoms with Crippen LogP contribution in [0.2, 0.25) is 0 Å². The number of amides is 1. The maximum atomic E-state index is 13.3. The number of para-hydroxylation sites is 1. The van der Waals surface area contributed by atoms with Crippen LogP contribution in [0.25, 0.3) is 0 Å². The lowest BCUT2D eigenvalue weighted by Crippen LogP contribution is -2.28. The molecule has 0 aliphatic rings. The number of aryl methyl sites for hydroxylation is 2. The van der Waals surface area contributed by atoms with E-state index < -0.39 is 10.0 Å². The molecule has 33 heavy (non-hydrogen) atoms. The van der Waals surface area contributed by atoms with Gasteiger partial charge in [0.2, 0.25) is 0 Å². The minimum atomic E-state index is -3.88. The number of carbonyl (C=O) groups is 1. The SMILES string of the molecule is COc1ccc(CN(C)C(=O)c2ccccc2NS(=O)(=O)c2cc(C)ccc2C)c(OC)c1. The highest BCUT2D eigenvalue weighted by Gasteiger charge is 2.22. The van der Waals surface area contributed by atoms with Crippen LogP contribution in [0.15, 0.2) is 65.6 Å². The summed E-state index contributed by atoms with van der Waals surface area (Å²) < 4.78 is 39.4. The number of carbonyl (C=O) groups excluding carboxylic acids is 1. The van der Waals surface area contributed by atoms with Gasteiger partial charge in [-0.3, -0.25) is 9.52 Å². The fraction of sp³-hybridized carbons (Fsp3) is 0.240. The summed E-state index contributed by atoms with van der Waals surface area (Å²) in [5.74, 6) is 0.917. The van der Waals surface area contributed by atoms with Gasteiger partial charge in [-0.05, 0) is 55.3 Å². The second-order valence-corrected chi connectivity index (χ2v) is 9.41. The van der Waals surface area contributed by atoms with Crippen LogP contribution in [0.5, 0.6) is 11.5 Å². The molecule has 8 heteroatoms. The average molecular weight is 469 g/mol. The van der Waals surface area contributed by atoms with Gasteiger partial charge in [0.25, 0.3) is 15.9 Å². The second-order valence-electron chi connectivity index (χ2n) is 7.76. The Morgan fingerprint density at radius 1 is 0.970 bits per heavy atom. The third-order valence-corrected chi connectivity index (χ3v) is 6.79. The Labute approximate surface area is 195 Å². The van der Waals surface area contributed by atoms with Crippen molar-refractivity contribution in [2.75, 3.05) is 26.0 Å². The molecule has 0 saturated carbocycles. The predicted octanol–water partition coefficient (Wildman–Crippen LogP) is 4.39. The van der Waals surface area contributed by atoms with Crippen LogP contribution < -0.4 is 14.2 Å². The van der Waals surface area contributed by atoms with Crippen molar-refractivity contribution < 1.29 is 22.7 Å². The van der Waals surface area contributed by atoms with Crippen molar-refractivity contribution in [3.05, 3.63) is 82.9 Å². The zero-order valence-corrected chi connectivity index (χ0v) is 20.2. The van der Waals surface area contributed by atoms with Gasteiger partial charge in [0, 0.05) is 25.2 Å². The molecule has 1 amide bonds. The Morgan fingerprint density at radius 3 is 2.39 bits per heavy atom. The van der Waals surface area contributed by atoms with Crippen LogP contribution in [-0.4, -0.2) is 40.5 Å². The molecular weight excluding hydrogens is 440 g/mol. The van der Waals surface area contributed by atoms with Gasteiger partial charge >= 0.3 is 0 Å².